The maximum atomic E-state index is 14.9. The summed E-state index contributed by atoms with van der Waals surface area (Å²) in [5.74, 6) is -1.93. The normalized spacial score (nSPS) is 22.0. The van der Waals surface area contributed by atoms with Crippen LogP contribution in [0.3, 0.4) is 0 Å². The average Bonchev–Trinajstić information content (AvgIpc) is 1.59. The van der Waals surface area contributed by atoms with Crippen LogP contribution in [0, 0.1) is 10.8 Å². The number of hydrogen-bond acceptors (Lipinski definition) is 17. The van der Waals surface area contributed by atoms with Crippen LogP contribution in [0.15, 0.2) is 109 Å². The van der Waals surface area contributed by atoms with Gasteiger partial charge in [-0.15, -0.1) is 0 Å². The molecular weight excluding hydrogens is 1560 g/mol. The summed E-state index contributed by atoms with van der Waals surface area (Å²) >= 11 is 0. The summed E-state index contributed by atoms with van der Waals surface area (Å²) in [7, 11) is 0. The van der Waals surface area contributed by atoms with Gasteiger partial charge in [-0.3, -0.25) is 49.0 Å². The maximum absolute atomic E-state index is 14.9. The van der Waals surface area contributed by atoms with Crippen LogP contribution in [-0.2, 0) is 72.2 Å². The molecule has 8 aliphatic rings. The lowest BCUT2D eigenvalue weighted by Crippen LogP contribution is -2.60. The van der Waals surface area contributed by atoms with Crippen LogP contribution in [0.2, 0.25) is 0 Å². The lowest BCUT2D eigenvalue weighted by Gasteiger charge is -2.36. The molecule has 2 aliphatic carbocycles. The number of halogens is 6. The molecule has 2 saturated carbocycles. The number of hydrazine groups is 2. The second kappa shape index (κ2) is 34.6. The first-order chi connectivity index (χ1) is 57.4. The lowest BCUT2D eigenvalue weighted by molar-refractivity contribution is -0.156. The first-order valence-corrected chi connectivity index (χ1v) is 43.2. The second-order valence-corrected chi connectivity index (χ2v) is 37.7. The number of benzene rings is 4. The van der Waals surface area contributed by atoms with E-state index in [2.05, 4.69) is 41.8 Å². The molecule has 648 valence electrons. The van der Waals surface area contributed by atoms with Crippen LogP contribution in [0.5, 0.6) is 0 Å². The van der Waals surface area contributed by atoms with E-state index in [9.17, 15) is 50.3 Å². The van der Waals surface area contributed by atoms with E-state index in [4.69, 9.17) is 29.9 Å². The first-order valence-electron chi connectivity index (χ1n) is 43.2. The Bertz CT molecular complexity index is 5180. The molecule has 6 aliphatic heterocycles. The van der Waals surface area contributed by atoms with Crippen LogP contribution < -0.4 is 31.7 Å². The number of alkyl halides is 6. The van der Waals surface area contributed by atoms with Crippen molar-refractivity contribution in [2.24, 2.45) is 16.6 Å². The zero-order chi connectivity index (χ0) is 85.9. The summed E-state index contributed by atoms with van der Waals surface area (Å²) in [6.45, 7) is 26.5. The number of piperazine rings is 2. The highest BCUT2D eigenvalue weighted by Gasteiger charge is 2.42. The minimum atomic E-state index is -4.55. The van der Waals surface area contributed by atoms with E-state index < -0.39 is 90.0 Å². The fraction of sp³-hybridized carbons (Fsp3) is 0.538. The number of esters is 2. The van der Waals surface area contributed by atoms with Gasteiger partial charge in [0.1, 0.15) is 36.8 Å². The molecule has 121 heavy (non-hydrogen) atoms. The maximum Gasteiger partial charge on any atom is 0.408 e. The molecule has 22 nitrogen and oxygen atoms in total. The number of fused-ring (bicyclic) bond motifs is 12. The smallest absolute Gasteiger partial charge is 0.408 e. The van der Waals surface area contributed by atoms with Gasteiger partial charge >= 0.3 is 30.4 Å². The zero-order valence-corrected chi connectivity index (χ0v) is 71.5. The predicted molar refractivity (Wildman–Crippen MR) is 456 cm³/mol. The van der Waals surface area contributed by atoms with E-state index in [1.165, 1.54) is 44.8 Å². The van der Waals surface area contributed by atoms with Crippen LogP contribution >= 0.6 is 0 Å². The number of pyridine rings is 2. The zero-order valence-electron chi connectivity index (χ0n) is 71.5. The van der Waals surface area contributed by atoms with Gasteiger partial charge < -0.3 is 44.2 Å². The topological polar surface area (TPSA) is 230 Å². The molecule has 4 aromatic carbocycles. The van der Waals surface area contributed by atoms with Crippen molar-refractivity contribution in [1.82, 2.24) is 55.1 Å². The minimum absolute atomic E-state index is 0.0190. The number of cyclic esters (lactones) is 2. The number of nitrogens with one attached hydrogen (secondary N) is 3. The van der Waals surface area contributed by atoms with Gasteiger partial charge in [-0.05, 0) is 184 Å². The highest BCUT2D eigenvalue weighted by molar-refractivity contribution is 5.98. The van der Waals surface area contributed by atoms with Crippen molar-refractivity contribution in [3.8, 4) is 44.8 Å². The Balaban J connectivity index is 0.000000189. The summed E-state index contributed by atoms with van der Waals surface area (Å²) in [6.07, 6.45) is 1.89. The number of anilines is 2. The fourth-order valence-corrected chi connectivity index (χ4v) is 18.4. The van der Waals surface area contributed by atoms with Crippen molar-refractivity contribution in [3.63, 3.8) is 0 Å². The van der Waals surface area contributed by atoms with Gasteiger partial charge in [0, 0.05) is 128 Å². The Morgan fingerprint density at radius 2 is 0.959 bits per heavy atom. The standard InChI is InChI=1S/C49H62F3N7O5.C44H54F3N7O3/c1-30(2)42-37(25-35(27-53-42)57-20-18-56(19-21-57)34-14-15-34)43-38-26-48(6,7)29-63-45(61)39-12-9-17-59(55-39)44(60)40(54-46(62)64-47(3,4)5)23-31-10-8-11-32(22-31)33-13-16-41(36(38)24-33)58(43)28-49(50,51)52;1-27(2)39-34(22-32(24-49-39)52-17-15-51(16-18-52)31-11-12-31)40-35-23-43(3,4)26-57-42(56)37-9-6-14-54(50-37)41(55)36(48)20-28-7-5-8-29(19-28)30-10-13-38(33(35)21-30)53(40)25-44(45,46)47/h8,10-11,13,16,22,24-25,27,30,34,39-40,55H,9,12,14-15,17-21,23,26,28-29H2,1-7H3,(H,54,62);5,7-8,10,13,19,21-22,24,27,31,36-37,50H,6,9,11-12,14-18,20,23,25-26,48H2,1-4H3/t39-,40-;36-,37-/m00/s1. The van der Waals surface area contributed by atoms with Gasteiger partial charge in [-0.2, -0.15) is 26.3 Å². The van der Waals surface area contributed by atoms with Crippen LogP contribution in [-0.4, -0.2) is 202 Å². The third-order valence-electron chi connectivity index (χ3n) is 24.6. The molecule has 5 N–H and O–H groups in total. The molecule has 8 aromatic rings. The molecular formula is C93H116F6N14O8. The van der Waals surface area contributed by atoms with Crippen molar-refractivity contribution < 1.29 is 64.5 Å². The molecule has 0 spiro atoms. The number of rotatable bonds is 11. The molecule has 4 saturated heterocycles. The summed E-state index contributed by atoms with van der Waals surface area (Å²) in [6, 6.07) is 28.6. The summed E-state index contributed by atoms with van der Waals surface area (Å²) in [4.78, 5) is 87.9. The highest BCUT2D eigenvalue weighted by Crippen LogP contribution is 2.48. The number of aromatic nitrogens is 4. The average molecular weight is 1670 g/mol. The molecule has 6 fully saturated rings. The first kappa shape index (κ1) is 86.3. The number of carbonyl (C=O) groups excluding carboxylic acids is 5. The van der Waals surface area contributed by atoms with Crippen molar-refractivity contribution in [2.75, 3.05) is 88.5 Å². The van der Waals surface area contributed by atoms with E-state index in [0.29, 0.717) is 113 Å². The SMILES string of the molecule is CC(C)c1ncc(N2CCN(C3CC3)CC2)cc1-c1c2c3cc(ccc3n1CC(F)(F)F)-c1cccc(c1)C[C@H](N)C(=O)N1CCC[C@H](N1)C(=O)OCC(C)(C)C2.CC(C)c1ncc(N2CCN(C3CC3)CC2)cc1-c1c2c3cc(ccc3n1CC(F)(F)F)-c1cccc(c1)C[C@H](NC(=O)OC(C)(C)C)C(=O)N1CCC[C@H](N1)C(=O)OCC(C)(C)C2. The number of amides is 3. The van der Waals surface area contributed by atoms with Crippen LogP contribution in [0.25, 0.3) is 66.6 Å². The number of carbonyl (C=O) groups is 5. The summed E-state index contributed by atoms with van der Waals surface area (Å²) in [5, 5.41) is 6.96. The van der Waals surface area contributed by atoms with Gasteiger partial charge in [-0.25, -0.2) is 15.6 Å². The van der Waals surface area contributed by atoms with Gasteiger partial charge in [0.05, 0.1) is 65.8 Å². The van der Waals surface area contributed by atoms with Gasteiger partial charge in [0.2, 0.25) is 0 Å². The van der Waals surface area contributed by atoms with Crippen molar-refractivity contribution in [3.05, 3.63) is 143 Å². The van der Waals surface area contributed by atoms with E-state index in [1.807, 2.05) is 147 Å². The lowest BCUT2D eigenvalue weighted by atomic mass is 9.83. The van der Waals surface area contributed by atoms with Crippen LogP contribution in [0.1, 0.15) is 173 Å². The van der Waals surface area contributed by atoms with E-state index in [0.717, 1.165) is 108 Å². The molecule has 12 bridgehead atoms. The van der Waals surface area contributed by atoms with Crippen molar-refractivity contribution in [1.29, 1.82) is 0 Å². The highest BCUT2D eigenvalue weighted by atomic mass is 19.4. The minimum Gasteiger partial charge on any atom is -0.464 e. The van der Waals surface area contributed by atoms with Crippen molar-refractivity contribution in [2.45, 2.75) is 232 Å². The number of nitrogens with two attached hydrogens (primary N) is 1. The molecule has 0 unspecified atom stereocenters. The Labute approximate surface area is 704 Å². The molecule has 3 amide bonds. The Morgan fingerprint density at radius 3 is 1.36 bits per heavy atom. The Hall–Kier alpha value is -9.61. The van der Waals surface area contributed by atoms with Gasteiger partial charge in [-0.1, -0.05) is 116 Å². The largest absolute Gasteiger partial charge is 0.464 e. The predicted octanol–water partition coefficient (Wildman–Crippen LogP) is 15.2. The number of alkyl carbamates (subject to hydrolysis) is 1. The number of ether oxygens (including phenoxy) is 3. The van der Waals surface area contributed by atoms with Gasteiger partial charge in [0.15, 0.2) is 0 Å². The Morgan fingerprint density at radius 1 is 0.545 bits per heavy atom. The summed E-state index contributed by atoms with van der Waals surface area (Å²) in [5.41, 5.74) is 23.1. The third kappa shape index (κ3) is 20.2. The van der Waals surface area contributed by atoms with Crippen LogP contribution in [0.4, 0.5) is 42.5 Å². The van der Waals surface area contributed by atoms with E-state index in [-0.39, 0.29) is 50.2 Å². The molecule has 10 heterocycles. The van der Waals surface area contributed by atoms with Gasteiger partial charge in [0.25, 0.3) is 11.8 Å². The third-order valence-corrected chi connectivity index (χ3v) is 24.6. The monoisotopic (exact) mass is 1670 g/mol. The fourth-order valence-electron chi connectivity index (χ4n) is 18.4. The molecule has 28 heteroatoms. The van der Waals surface area contributed by atoms with E-state index >= 15 is 0 Å². The molecule has 4 atom stereocenters. The second-order valence-electron chi connectivity index (χ2n) is 37.7. The quantitative estimate of drug-likeness (QED) is 0.0536. The van der Waals surface area contributed by atoms with Crippen molar-refractivity contribution >= 4 is 63.0 Å². The number of nitrogens with zero attached hydrogens (tertiary/aromatic N) is 10. The number of hydrogen-bond donors (Lipinski definition) is 4. The summed E-state index contributed by atoms with van der Waals surface area (Å²) < 4.78 is 110. The molecule has 0 radical (unpaired) electrons. The molecule has 16 rings (SSSR count). The Kier molecular flexibility index (Phi) is 24.7. The van der Waals surface area contributed by atoms with E-state index in [1.54, 1.807) is 32.9 Å². The molecule has 4 aromatic heterocycles.